The molecule has 0 bridgehead atoms. The maximum atomic E-state index is 9.79. The van der Waals surface area contributed by atoms with E-state index < -0.39 is 0 Å². The number of hydrogen-bond acceptors (Lipinski definition) is 2. The van der Waals surface area contributed by atoms with Crippen molar-refractivity contribution in [3.8, 4) is 6.07 Å². The summed E-state index contributed by atoms with van der Waals surface area (Å²) in [5.41, 5.74) is 7.10. The first-order valence-corrected chi connectivity index (χ1v) is 8.58. The zero-order chi connectivity index (χ0) is 17.6. The summed E-state index contributed by atoms with van der Waals surface area (Å²) in [5, 5.41) is 14.2. The van der Waals surface area contributed by atoms with Gasteiger partial charge >= 0.3 is 0 Å². The molecule has 0 N–H and O–H groups in total. The fourth-order valence-corrected chi connectivity index (χ4v) is 4.55. The maximum absolute atomic E-state index is 9.79. The second kappa shape index (κ2) is 4.33. The summed E-state index contributed by atoms with van der Waals surface area (Å²) < 4.78 is 10.3. The average Bonchev–Trinajstić information content (AvgIpc) is 3.22. The number of rotatable bonds is 0. The van der Waals surface area contributed by atoms with Gasteiger partial charge in [0, 0.05) is 16.8 Å². The molecule has 2 aromatic carbocycles. The Hall–Kier alpha value is -3.58. The van der Waals surface area contributed by atoms with Gasteiger partial charge in [-0.1, -0.05) is 18.2 Å². The summed E-state index contributed by atoms with van der Waals surface area (Å²) in [5.74, 6) is 0. The Morgan fingerprint density at radius 1 is 1.08 bits per heavy atom. The normalized spacial score (nSPS) is 12.2. The van der Waals surface area contributed by atoms with E-state index in [1.807, 2.05) is 36.7 Å². The van der Waals surface area contributed by atoms with Gasteiger partial charge in [-0.05, 0) is 24.6 Å². The van der Waals surface area contributed by atoms with Crippen LogP contribution in [0.25, 0.3) is 49.2 Å². The number of para-hydroxylation sites is 1. The van der Waals surface area contributed by atoms with E-state index in [1.54, 1.807) is 0 Å². The standard InChI is InChI=1S/C22H14N3O/c1-12-9-13(10-23)19-14-5-3-4-6-15(14)25-16-11-26-17-7-8-24(2)21(20(16)17)18(12)22(19)25/h3-9,11H,1-2H3/q+1. The first kappa shape index (κ1) is 13.7. The lowest BCUT2D eigenvalue weighted by molar-refractivity contribution is -0.643. The second-order valence-electron chi connectivity index (χ2n) is 6.94. The highest BCUT2D eigenvalue weighted by molar-refractivity contribution is 6.26. The molecule has 4 heterocycles. The predicted octanol–water partition coefficient (Wildman–Crippen LogP) is 4.59. The zero-order valence-electron chi connectivity index (χ0n) is 14.4. The molecule has 0 atom stereocenters. The number of hydrogen-bond donors (Lipinski definition) is 0. The molecule has 6 rings (SSSR count). The second-order valence-corrected chi connectivity index (χ2v) is 6.94. The van der Waals surface area contributed by atoms with Crippen molar-refractivity contribution in [3.05, 3.63) is 60.0 Å². The van der Waals surface area contributed by atoms with Crippen LogP contribution in [-0.4, -0.2) is 4.40 Å². The predicted molar refractivity (Wildman–Crippen MR) is 102 cm³/mol. The van der Waals surface area contributed by atoms with Crippen molar-refractivity contribution in [2.45, 2.75) is 6.92 Å². The van der Waals surface area contributed by atoms with E-state index in [4.69, 9.17) is 4.42 Å². The largest absolute Gasteiger partial charge is 0.462 e. The Bertz CT molecular complexity index is 1560. The van der Waals surface area contributed by atoms with Crippen molar-refractivity contribution >= 4 is 49.2 Å². The van der Waals surface area contributed by atoms with Crippen molar-refractivity contribution in [1.82, 2.24) is 4.40 Å². The Kier molecular flexibility index (Phi) is 2.28. The van der Waals surface area contributed by atoms with Crippen molar-refractivity contribution in [2.75, 3.05) is 0 Å². The molecule has 0 unspecified atom stereocenters. The third-order valence-electron chi connectivity index (χ3n) is 5.57. The number of nitriles is 1. The lowest BCUT2D eigenvalue weighted by Crippen LogP contribution is -2.28. The molecule has 0 amide bonds. The summed E-state index contributed by atoms with van der Waals surface area (Å²) in [6.45, 7) is 2.08. The Balaban J connectivity index is 2.18. The van der Waals surface area contributed by atoms with E-state index >= 15 is 0 Å². The molecule has 0 saturated heterocycles. The van der Waals surface area contributed by atoms with Crippen LogP contribution in [0.1, 0.15) is 11.1 Å². The topological polar surface area (TPSA) is 45.2 Å². The van der Waals surface area contributed by atoms with Crippen LogP contribution in [0.4, 0.5) is 0 Å². The summed E-state index contributed by atoms with van der Waals surface area (Å²) in [6.07, 6.45) is 3.87. The SMILES string of the molecule is Cc1cc(C#N)c2c3ccccc3n3c4coc5cc[n+](C)c(c1c23)c54. The number of benzene rings is 2. The molecule has 26 heavy (non-hydrogen) atoms. The van der Waals surface area contributed by atoms with Crippen LogP contribution in [0.3, 0.4) is 0 Å². The Labute approximate surface area is 148 Å². The van der Waals surface area contributed by atoms with Gasteiger partial charge in [0.05, 0.1) is 33.6 Å². The summed E-state index contributed by atoms with van der Waals surface area (Å²) >= 11 is 0. The van der Waals surface area contributed by atoms with Crippen molar-refractivity contribution < 1.29 is 8.98 Å². The molecule has 122 valence electrons. The number of fused-ring (bicyclic) bond motifs is 5. The smallest absolute Gasteiger partial charge is 0.228 e. The summed E-state index contributed by atoms with van der Waals surface area (Å²) in [4.78, 5) is 0. The molecule has 0 fully saturated rings. The van der Waals surface area contributed by atoms with Gasteiger partial charge in [0.15, 0.2) is 6.20 Å². The van der Waals surface area contributed by atoms with E-state index in [-0.39, 0.29) is 0 Å². The van der Waals surface area contributed by atoms with Crippen LogP contribution in [0.15, 0.2) is 53.3 Å². The molecule has 0 aliphatic rings. The van der Waals surface area contributed by atoms with Gasteiger partial charge in [-0.25, -0.2) is 4.57 Å². The van der Waals surface area contributed by atoms with E-state index in [1.165, 1.54) is 5.39 Å². The van der Waals surface area contributed by atoms with Gasteiger partial charge in [-0.2, -0.15) is 5.26 Å². The number of aromatic nitrogens is 2. The van der Waals surface area contributed by atoms with E-state index in [2.05, 4.69) is 41.1 Å². The third-order valence-corrected chi connectivity index (χ3v) is 5.57. The molecule has 0 saturated carbocycles. The highest BCUT2D eigenvalue weighted by Crippen LogP contribution is 2.42. The van der Waals surface area contributed by atoms with Crippen LogP contribution in [0.2, 0.25) is 0 Å². The highest BCUT2D eigenvalue weighted by atomic mass is 16.3. The van der Waals surface area contributed by atoms with Gasteiger partial charge in [0.1, 0.15) is 24.3 Å². The lowest BCUT2D eigenvalue weighted by atomic mass is 9.98. The first-order valence-electron chi connectivity index (χ1n) is 8.58. The summed E-state index contributed by atoms with van der Waals surface area (Å²) in [7, 11) is 2.06. The first-order chi connectivity index (χ1) is 12.7. The third kappa shape index (κ3) is 1.35. The molecule has 0 radical (unpaired) electrons. The van der Waals surface area contributed by atoms with Crippen LogP contribution in [0.5, 0.6) is 0 Å². The molecule has 6 aromatic rings. The molecular formula is C22H14N3O+. The quantitative estimate of drug-likeness (QED) is 0.301. The van der Waals surface area contributed by atoms with E-state index in [0.717, 1.165) is 54.9 Å². The average molecular weight is 336 g/mol. The van der Waals surface area contributed by atoms with Crippen molar-refractivity contribution in [1.29, 1.82) is 5.26 Å². The van der Waals surface area contributed by atoms with Crippen LogP contribution in [-0.2, 0) is 7.05 Å². The zero-order valence-corrected chi connectivity index (χ0v) is 14.4. The number of furan rings is 1. The van der Waals surface area contributed by atoms with Gasteiger partial charge in [-0.15, -0.1) is 0 Å². The maximum Gasteiger partial charge on any atom is 0.228 e. The number of aryl methyl sites for hydroxylation is 2. The highest BCUT2D eigenvalue weighted by Gasteiger charge is 2.26. The molecule has 4 aromatic heterocycles. The van der Waals surface area contributed by atoms with Gasteiger partial charge in [0.25, 0.3) is 0 Å². The fourth-order valence-electron chi connectivity index (χ4n) is 4.55. The molecule has 0 aliphatic heterocycles. The lowest BCUT2D eigenvalue weighted by Gasteiger charge is -2.09. The summed E-state index contributed by atoms with van der Waals surface area (Å²) in [6, 6.07) is 14.7. The van der Waals surface area contributed by atoms with Crippen LogP contribution >= 0.6 is 0 Å². The van der Waals surface area contributed by atoms with Gasteiger partial charge in [0.2, 0.25) is 5.52 Å². The van der Waals surface area contributed by atoms with Crippen molar-refractivity contribution in [3.63, 3.8) is 0 Å². The Morgan fingerprint density at radius 3 is 2.77 bits per heavy atom. The van der Waals surface area contributed by atoms with Gasteiger partial charge in [-0.3, -0.25) is 0 Å². The van der Waals surface area contributed by atoms with E-state index in [9.17, 15) is 5.26 Å². The molecule has 4 heteroatoms. The molecule has 0 aliphatic carbocycles. The van der Waals surface area contributed by atoms with Crippen LogP contribution < -0.4 is 4.57 Å². The Morgan fingerprint density at radius 2 is 1.92 bits per heavy atom. The van der Waals surface area contributed by atoms with Gasteiger partial charge < -0.3 is 8.82 Å². The minimum Gasteiger partial charge on any atom is -0.462 e. The fraction of sp³-hybridized carbons (Fsp3) is 0.0909. The van der Waals surface area contributed by atoms with Crippen molar-refractivity contribution in [2.24, 2.45) is 7.05 Å². The van der Waals surface area contributed by atoms with Crippen LogP contribution in [0, 0.1) is 18.3 Å². The molecular weight excluding hydrogens is 322 g/mol. The van der Waals surface area contributed by atoms with E-state index in [0.29, 0.717) is 0 Å². The number of nitrogens with zero attached hydrogens (tertiary/aromatic N) is 3. The monoisotopic (exact) mass is 336 g/mol. The molecule has 0 spiro atoms. The minimum atomic E-state index is 0.720. The number of pyridine rings is 2. The molecule has 4 nitrogen and oxygen atoms in total. The minimum absolute atomic E-state index is 0.720.